The first-order chi connectivity index (χ1) is 12.8. The number of fused-ring (bicyclic) bond motifs is 1. The second-order valence-corrected chi connectivity index (χ2v) is 6.70. The van der Waals surface area contributed by atoms with Gasteiger partial charge in [0.25, 0.3) is 0 Å². The second-order valence-electron chi connectivity index (χ2n) is 6.70. The van der Waals surface area contributed by atoms with E-state index in [-0.39, 0.29) is 18.3 Å². The molecule has 0 aromatic heterocycles. The summed E-state index contributed by atoms with van der Waals surface area (Å²) in [6.45, 7) is 3.70. The number of guanidine groups is 1. The summed E-state index contributed by atoms with van der Waals surface area (Å²) >= 11 is 0. The van der Waals surface area contributed by atoms with Crippen molar-refractivity contribution >= 4 is 24.1 Å². The van der Waals surface area contributed by atoms with Crippen molar-refractivity contribution in [2.75, 3.05) is 6.54 Å². The van der Waals surface area contributed by atoms with Gasteiger partial charge in [0.2, 0.25) is 0 Å². The van der Waals surface area contributed by atoms with Gasteiger partial charge >= 0.3 is 0 Å². The van der Waals surface area contributed by atoms with E-state index in [0.29, 0.717) is 0 Å². The molecule has 3 aromatic rings. The van der Waals surface area contributed by atoms with Gasteiger partial charge in [0.1, 0.15) is 0 Å². The summed E-state index contributed by atoms with van der Waals surface area (Å²) in [4.78, 5) is 4.84. The molecule has 0 saturated heterocycles. The van der Waals surface area contributed by atoms with Crippen LogP contribution in [-0.2, 0) is 6.54 Å². The number of hydrogen-bond donors (Lipinski definition) is 2. The maximum Gasteiger partial charge on any atom is 0.196 e. The molecule has 27 heavy (non-hydrogen) atoms. The molecule has 138 valence electrons. The van der Waals surface area contributed by atoms with Gasteiger partial charge in [0.15, 0.2) is 5.96 Å². The Balaban J connectivity index is 0.00000210. The molecular formula is C23H24ClN3. The summed E-state index contributed by atoms with van der Waals surface area (Å²) in [5.74, 6) is 1.11. The minimum absolute atomic E-state index is 0. The summed E-state index contributed by atoms with van der Waals surface area (Å²) in [6, 6.07) is 27.6. The topological polar surface area (TPSA) is 36.4 Å². The number of para-hydroxylation sites is 1. The summed E-state index contributed by atoms with van der Waals surface area (Å²) in [5, 5.41) is 6.94. The van der Waals surface area contributed by atoms with E-state index in [1.54, 1.807) is 0 Å². The average Bonchev–Trinajstić information content (AvgIpc) is 2.87. The van der Waals surface area contributed by atoms with Crippen LogP contribution < -0.4 is 10.6 Å². The number of aryl methyl sites for hydroxylation is 1. The smallest absolute Gasteiger partial charge is 0.196 e. The molecule has 1 aliphatic rings. The van der Waals surface area contributed by atoms with Crippen LogP contribution in [0.3, 0.4) is 0 Å². The standard InChI is InChI=1S/C23H23N3.ClH/c1-17-11-13-19(14-12-17)21-16-25-23(24-15-18-7-3-2-4-8-18)26-22-10-6-5-9-20(21)22;/h2-14,21H,15-16H2,1H3,(H2,24,25,26);1H. The molecule has 2 N–H and O–H groups in total. The Hall–Kier alpha value is -2.78. The zero-order chi connectivity index (χ0) is 17.8. The van der Waals surface area contributed by atoms with Crippen molar-refractivity contribution in [1.82, 2.24) is 10.6 Å². The predicted octanol–water partition coefficient (Wildman–Crippen LogP) is 4.93. The van der Waals surface area contributed by atoms with Gasteiger partial charge in [-0.05, 0) is 29.7 Å². The van der Waals surface area contributed by atoms with E-state index in [9.17, 15) is 0 Å². The molecule has 4 heteroatoms. The normalized spacial score (nSPS) is 15.4. The average molecular weight is 378 g/mol. The number of hydrogen-bond acceptors (Lipinski definition) is 3. The Morgan fingerprint density at radius 1 is 0.926 bits per heavy atom. The number of halogens is 1. The van der Waals surface area contributed by atoms with Crippen LogP contribution in [0, 0.1) is 6.92 Å². The Morgan fingerprint density at radius 2 is 1.63 bits per heavy atom. The van der Waals surface area contributed by atoms with Crippen LogP contribution in [-0.4, -0.2) is 12.5 Å². The van der Waals surface area contributed by atoms with E-state index in [0.717, 1.165) is 24.7 Å². The predicted molar refractivity (Wildman–Crippen MR) is 115 cm³/mol. The van der Waals surface area contributed by atoms with Crippen LogP contribution in [0.2, 0.25) is 0 Å². The van der Waals surface area contributed by atoms with E-state index < -0.39 is 0 Å². The van der Waals surface area contributed by atoms with E-state index >= 15 is 0 Å². The highest BCUT2D eigenvalue weighted by Crippen LogP contribution is 2.33. The van der Waals surface area contributed by atoms with Gasteiger partial charge in [-0.15, -0.1) is 12.4 Å². The first-order valence-corrected chi connectivity index (χ1v) is 9.05. The molecule has 0 bridgehead atoms. The van der Waals surface area contributed by atoms with Crippen molar-refractivity contribution in [3.05, 3.63) is 101 Å². The maximum absolute atomic E-state index is 4.84. The fourth-order valence-corrected chi connectivity index (χ4v) is 3.33. The van der Waals surface area contributed by atoms with Crippen molar-refractivity contribution in [2.45, 2.75) is 19.4 Å². The molecule has 0 saturated carbocycles. The summed E-state index contributed by atoms with van der Waals surface area (Å²) in [7, 11) is 0. The lowest BCUT2D eigenvalue weighted by atomic mass is 9.90. The summed E-state index contributed by atoms with van der Waals surface area (Å²) in [5.41, 5.74) is 6.13. The zero-order valence-corrected chi connectivity index (χ0v) is 16.2. The molecule has 0 aliphatic carbocycles. The molecule has 4 rings (SSSR count). The highest BCUT2D eigenvalue weighted by atomic mass is 35.5. The molecule has 1 atom stereocenters. The third kappa shape index (κ3) is 4.50. The maximum atomic E-state index is 4.84. The fourth-order valence-electron chi connectivity index (χ4n) is 3.33. The number of nitrogens with zero attached hydrogens (tertiary/aromatic N) is 1. The van der Waals surface area contributed by atoms with Crippen LogP contribution in [0.4, 0.5) is 5.69 Å². The minimum Gasteiger partial charge on any atom is -0.355 e. The van der Waals surface area contributed by atoms with E-state index in [1.165, 1.54) is 22.3 Å². The molecule has 0 amide bonds. The Labute approximate surface area is 167 Å². The molecule has 1 heterocycles. The number of benzene rings is 3. The van der Waals surface area contributed by atoms with Crippen molar-refractivity contribution in [3.63, 3.8) is 0 Å². The van der Waals surface area contributed by atoms with Gasteiger partial charge in [-0.25, -0.2) is 4.99 Å². The van der Waals surface area contributed by atoms with Crippen LogP contribution in [0.1, 0.15) is 28.2 Å². The molecule has 3 nitrogen and oxygen atoms in total. The van der Waals surface area contributed by atoms with Gasteiger partial charge in [-0.2, -0.15) is 0 Å². The fraction of sp³-hybridized carbons (Fsp3) is 0.174. The minimum atomic E-state index is 0. The van der Waals surface area contributed by atoms with E-state index in [1.807, 2.05) is 6.07 Å². The molecule has 3 aromatic carbocycles. The SMILES string of the molecule is Cc1ccc(C2CNC(NCc3ccccc3)=Nc3ccccc32)cc1.Cl. The van der Waals surface area contributed by atoms with Gasteiger partial charge < -0.3 is 10.6 Å². The van der Waals surface area contributed by atoms with Crippen LogP contribution >= 0.6 is 12.4 Å². The second kappa shape index (κ2) is 8.74. The lowest BCUT2D eigenvalue weighted by Crippen LogP contribution is -2.37. The third-order valence-electron chi connectivity index (χ3n) is 4.80. The first kappa shape index (κ1) is 19.0. The molecular weight excluding hydrogens is 354 g/mol. The van der Waals surface area contributed by atoms with Crippen molar-refractivity contribution in [1.29, 1.82) is 0 Å². The Morgan fingerprint density at radius 3 is 2.41 bits per heavy atom. The lowest BCUT2D eigenvalue weighted by Gasteiger charge is -2.18. The molecule has 0 radical (unpaired) electrons. The van der Waals surface area contributed by atoms with Gasteiger partial charge in [0, 0.05) is 19.0 Å². The van der Waals surface area contributed by atoms with Crippen LogP contribution in [0.5, 0.6) is 0 Å². The van der Waals surface area contributed by atoms with Crippen LogP contribution in [0.15, 0.2) is 83.9 Å². The highest BCUT2D eigenvalue weighted by molar-refractivity contribution is 5.85. The molecule has 1 aliphatic heterocycles. The zero-order valence-electron chi connectivity index (χ0n) is 15.4. The van der Waals surface area contributed by atoms with Gasteiger partial charge in [0.05, 0.1) is 5.69 Å². The van der Waals surface area contributed by atoms with Gasteiger partial charge in [-0.3, -0.25) is 0 Å². The summed E-state index contributed by atoms with van der Waals surface area (Å²) < 4.78 is 0. The molecule has 0 fully saturated rings. The monoisotopic (exact) mass is 377 g/mol. The lowest BCUT2D eigenvalue weighted by molar-refractivity contribution is 0.742. The quantitative estimate of drug-likeness (QED) is 0.679. The van der Waals surface area contributed by atoms with Crippen molar-refractivity contribution < 1.29 is 0 Å². The van der Waals surface area contributed by atoms with Crippen LogP contribution in [0.25, 0.3) is 0 Å². The van der Waals surface area contributed by atoms with E-state index in [2.05, 4.69) is 90.4 Å². The third-order valence-corrected chi connectivity index (χ3v) is 4.80. The number of aliphatic imine (C=N–C) groups is 1. The van der Waals surface area contributed by atoms with Crippen molar-refractivity contribution in [2.24, 2.45) is 4.99 Å². The van der Waals surface area contributed by atoms with E-state index in [4.69, 9.17) is 4.99 Å². The highest BCUT2D eigenvalue weighted by Gasteiger charge is 2.21. The summed E-state index contributed by atoms with van der Waals surface area (Å²) in [6.07, 6.45) is 0. The Kier molecular flexibility index (Phi) is 6.15. The first-order valence-electron chi connectivity index (χ1n) is 9.05. The van der Waals surface area contributed by atoms with Crippen molar-refractivity contribution in [3.8, 4) is 0 Å². The largest absolute Gasteiger partial charge is 0.355 e. The number of rotatable bonds is 3. The molecule has 1 unspecified atom stereocenters. The molecule has 0 spiro atoms. The number of nitrogens with one attached hydrogen (secondary N) is 2. The van der Waals surface area contributed by atoms with Gasteiger partial charge in [-0.1, -0.05) is 78.4 Å². The Bertz CT molecular complexity index is 904.